The zero-order chi connectivity index (χ0) is 12.4. The number of amides is 1. The van der Waals surface area contributed by atoms with Crippen LogP contribution in [0.1, 0.15) is 33.6 Å². The van der Waals surface area contributed by atoms with Crippen molar-refractivity contribution >= 4 is 6.09 Å². The molecule has 0 atom stereocenters. The maximum Gasteiger partial charge on any atom is 0.410 e. The van der Waals surface area contributed by atoms with E-state index in [-0.39, 0.29) is 11.6 Å². The Morgan fingerprint density at radius 2 is 1.88 bits per heavy atom. The Balaban J connectivity index is 2.45. The van der Waals surface area contributed by atoms with E-state index >= 15 is 0 Å². The predicted octanol–water partition coefficient (Wildman–Crippen LogP) is 0.674. The number of likely N-dealkylation sites (tertiary alicyclic amines) is 1. The van der Waals surface area contributed by atoms with E-state index in [2.05, 4.69) is 0 Å². The van der Waals surface area contributed by atoms with Gasteiger partial charge in [-0.2, -0.15) is 0 Å². The quantitative estimate of drug-likeness (QED) is 0.692. The van der Waals surface area contributed by atoms with Gasteiger partial charge in [-0.25, -0.2) is 4.79 Å². The molecule has 0 unspecified atom stereocenters. The average molecular weight is 229 g/mol. The molecule has 1 amide bonds. The Kier molecular flexibility index (Phi) is 3.80. The van der Waals surface area contributed by atoms with Gasteiger partial charge >= 0.3 is 6.09 Å². The summed E-state index contributed by atoms with van der Waals surface area (Å²) in [6.45, 7) is 7.31. The Morgan fingerprint density at radius 3 is 2.25 bits per heavy atom. The van der Waals surface area contributed by atoms with Crippen molar-refractivity contribution in [2.45, 2.75) is 44.8 Å². The van der Waals surface area contributed by atoms with E-state index in [1.807, 2.05) is 20.8 Å². The SMILES string of the molecule is CC(C)(C)OC(=O)N1CCC(N)(CN)CC1. The maximum absolute atomic E-state index is 11.7. The van der Waals surface area contributed by atoms with Crippen LogP contribution in [0.4, 0.5) is 4.79 Å². The molecule has 0 bridgehead atoms. The summed E-state index contributed by atoms with van der Waals surface area (Å²) in [5.74, 6) is 0. The molecule has 0 saturated carbocycles. The molecule has 0 aliphatic carbocycles. The zero-order valence-corrected chi connectivity index (χ0v) is 10.5. The summed E-state index contributed by atoms with van der Waals surface area (Å²) in [6, 6.07) is 0. The van der Waals surface area contributed by atoms with Crippen LogP contribution in [-0.4, -0.2) is 41.8 Å². The summed E-state index contributed by atoms with van der Waals surface area (Å²) in [4.78, 5) is 13.4. The molecule has 16 heavy (non-hydrogen) atoms. The van der Waals surface area contributed by atoms with Crippen molar-refractivity contribution in [1.29, 1.82) is 0 Å². The van der Waals surface area contributed by atoms with Gasteiger partial charge in [0.15, 0.2) is 0 Å². The molecule has 1 saturated heterocycles. The Labute approximate surface area is 97.1 Å². The van der Waals surface area contributed by atoms with Crippen molar-refractivity contribution in [2.75, 3.05) is 19.6 Å². The van der Waals surface area contributed by atoms with Crippen molar-refractivity contribution in [3.63, 3.8) is 0 Å². The molecule has 0 aromatic carbocycles. The van der Waals surface area contributed by atoms with Gasteiger partial charge in [0.25, 0.3) is 0 Å². The summed E-state index contributed by atoms with van der Waals surface area (Å²) in [7, 11) is 0. The number of rotatable bonds is 1. The fourth-order valence-corrected chi connectivity index (χ4v) is 1.67. The molecule has 1 aliphatic heterocycles. The van der Waals surface area contributed by atoms with Crippen molar-refractivity contribution in [1.82, 2.24) is 4.90 Å². The van der Waals surface area contributed by atoms with E-state index in [4.69, 9.17) is 16.2 Å². The van der Waals surface area contributed by atoms with Crippen LogP contribution in [-0.2, 0) is 4.74 Å². The van der Waals surface area contributed by atoms with Crippen LogP contribution in [0.2, 0.25) is 0 Å². The lowest BCUT2D eigenvalue weighted by Gasteiger charge is -2.38. The van der Waals surface area contributed by atoms with Gasteiger partial charge in [-0.05, 0) is 33.6 Å². The van der Waals surface area contributed by atoms with Gasteiger partial charge in [0.05, 0.1) is 0 Å². The second kappa shape index (κ2) is 4.59. The molecule has 0 spiro atoms. The summed E-state index contributed by atoms with van der Waals surface area (Å²) in [5, 5.41) is 0. The minimum absolute atomic E-state index is 0.258. The standard InChI is InChI=1S/C11H23N3O2/c1-10(2,3)16-9(15)14-6-4-11(13,8-12)5-7-14/h4-8,12-13H2,1-3H3. The average Bonchev–Trinajstić information content (AvgIpc) is 2.16. The van der Waals surface area contributed by atoms with Gasteiger partial charge in [-0.3, -0.25) is 0 Å². The molecular formula is C11H23N3O2. The summed E-state index contributed by atoms with van der Waals surface area (Å²) in [5.41, 5.74) is 10.9. The van der Waals surface area contributed by atoms with Gasteiger partial charge in [-0.15, -0.1) is 0 Å². The fraction of sp³-hybridized carbons (Fsp3) is 0.909. The van der Waals surface area contributed by atoms with Gasteiger partial charge in [0.1, 0.15) is 5.60 Å². The highest BCUT2D eigenvalue weighted by atomic mass is 16.6. The Morgan fingerprint density at radius 1 is 1.38 bits per heavy atom. The van der Waals surface area contributed by atoms with Gasteiger partial charge in [-0.1, -0.05) is 0 Å². The Hall–Kier alpha value is -0.810. The van der Waals surface area contributed by atoms with Crippen LogP contribution >= 0.6 is 0 Å². The number of hydrogen-bond acceptors (Lipinski definition) is 4. The number of hydrogen-bond donors (Lipinski definition) is 2. The van der Waals surface area contributed by atoms with Crippen LogP contribution in [0.15, 0.2) is 0 Å². The predicted molar refractivity (Wildman–Crippen MR) is 63.0 cm³/mol. The van der Waals surface area contributed by atoms with Gasteiger partial charge in [0.2, 0.25) is 0 Å². The minimum Gasteiger partial charge on any atom is -0.444 e. The van der Waals surface area contributed by atoms with Crippen molar-refractivity contribution in [2.24, 2.45) is 11.5 Å². The molecule has 1 heterocycles. The molecule has 0 aromatic heterocycles. The molecule has 4 N–H and O–H groups in total. The number of nitrogens with two attached hydrogens (primary N) is 2. The largest absolute Gasteiger partial charge is 0.444 e. The maximum atomic E-state index is 11.7. The molecule has 0 radical (unpaired) electrons. The minimum atomic E-state index is -0.442. The van der Waals surface area contributed by atoms with Crippen molar-refractivity contribution in [3.8, 4) is 0 Å². The van der Waals surface area contributed by atoms with E-state index in [1.54, 1.807) is 4.90 Å². The molecule has 1 fully saturated rings. The second-order valence-electron chi connectivity index (χ2n) is 5.53. The van der Waals surface area contributed by atoms with Crippen molar-refractivity contribution in [3.05, 3.63) is 0 Å². The molecule has 94 valence electrons. The van der Waals surface area contributed by atoms with Crippen LogP contribution in [0.3, 0.4) is 0 Å². The first-order valence-electron chi connectivity index (χ1n) is 5.73. The Bertz CT molecular complexity index is 252. The zero-order valence-electron chi connectivity index (χ0n) is 10.5. The molecule has 5 nitrogen and oxygen atoms in total. The third-order valence-corrected chi connectivity index (χ3v) is 2.82. The molecular weight excluding hydrogens is 206 g/mol. The summed E-state index contributed by atoms with van der Waals surface area (Å²) >= 11 is 0. The van der Waals surface area contributed by atoms with Crippen LogP contribution in [0, 0.1) is 0 Å². The number of carbonyl (C=O) groups is 1. The van der Waals surface area contributed by atoms with E-state index in [1.165, 1.54) is 0 Å². The lowest BCUT2D eigenvalue weighted by Crippen LogP contribution is -2.56. The molecule has 1 rings (SSSR count). The lowest BCUT2D eigenvalue weighted by atomic mass is 9.89. The fourth-order valence-electron chi connectivity index (χ4n) is 1.67. The van der Waals surface area contributed by atoms with Gasteiger partial charge in [0, 0.05) is 25.2 Å². The van der Waals surface area contributed by atoms with E-state index in [0.29, 0.717) is 19.6 Å². The first kappa shape index (κ1) is 13.3. The number of carbonyl (C=O) groups excluding carboxylic acids is 1. The first-order valence-corrected chi connectivity index (χ1v) is 5.73. The second-order valence-corrected chi connectivity index (χ2v) is 5.53. The molecule has 0 aromatic rings. The molecule has 1 aliphatic rings. The highest BCUT2D eigenvalue weighted by Gasteiger charge is 2.32. The lowest BCUT2D eigenvalue weighted by molar-refractivity contribution is 0.0172. The van der Waals surface area contributed by atoms with E-state index in [9.17, 15) is 4.79 Å². The topological polar surface area (TPSA) is 81.6 Å². The van der Waals surface area contributed by atoms with Crippen LogP contribution in [0.5, 0.6) is 0 Å². The third kappa shape index (κ3) is 3.64. The van der Waals surface area contributed by atoms with Crippen LogP contribution in [0.25, 0.3) is 0 Å². The number of nitrogens with zero attached hydrogens (tertiary/aromatic N) is 1. The summed E-state index contributed by atoms with van der Waals surface area (Å²) in [6.07, 6.45) is 1.22. The third-order valence-electron chi connectivity index (χ3n) is 2.82. The van der Waals surface area contributed by atoms with Crippen molar-refractivity contribution < 1.29 is 9.53 Å². The number of ether oxygens (including phenoxy) is 1. The monoisotopic (exact) mass is 229 g/mol. The first-order chi connectivity index (χ1) is 7.26. The smallest absolute Gasteiger partial charge is 0.410 e. The highest BCUT2D eigenvalue weighted by Crippen LogP contribution is 2.20. The summed E-state index contributed by atoms with van der Waals surface area (Å²) < 4.78 is 5.29. The number of piperidine rings is 1. The van der Waals surface area contributed by atoms with Gasteiger partial charge < -0.3 is 21.1 Å². The van der Waals surface area contributed by atoms with E-state index < -0.39 is 5.60 Å². The van der Waals surface area contributed by atoms with E-state index in [0.717, 1.165) is 12.8 Å². The normalized spacial score (nSPS) is 20.7. The van der Waals surface area contributed by atoms with Crippen LogP contribution < -0.4 is 11.5 Å². The highest BCUT2D eigenvalue weighted by molar-refractivity contribution is 5.68. The molecule has 5 heteroatoms.